The zero-order valence-corrected chi connectivity index (χ0v) is 7.43. The van der Waals surface area contributed by atoms with Crippen molar-refractivity contribution in [1.82, 2.24) is 4.57 Å². The molecule has 0 saturated heterocycles. The van der Waals surface area contributed by atoms with E-state index in [1.54, 1.807) is 0 Å². The first kappa shape index (κ1) is 8.40. The Morgan fingerprint density at radius 3 is 2.73 bits per heavy atom. The molecule has 3 heterocycles. The zero-order chi connectivity index (χ0) is 7.14. The van der Waals surface area contributed by atoms with E-state index < -0.39 is 0 Å². The summed E-state index contributed by atoms with van der Waals surface area (Å²) in [6, 6.07) is 0. The third-order valence-corrected chi connectivity index (χ3v) is 1.79. The van der Waals surface area contributed by atoms with Gasteiger partial charge in [0.25, 0.3) is 0 Å². The minimum atomic E-state index is 0. The second-order valence-electron chi connectivity index (χ2n) is 2.60. The van der Waals surface area contributed by atoms with Crippen LogP contribution in [0.2, 0.25) is 0 Å². The number of halogens is 1. The largest absolute Gasteiger partial charge is 1.00 e. The fraction of sp³-hybridized carbons (Fsp3) is 0.571. The Kier molecular flexibility index (Phi) is 2.09. The van der Waals surface area contributed by atoms with E-state index >= 15 is 0 Å². The van der Waals surface area contributed by atoms with Gasteiger partial charge in [0.05, 0.1) is 13.6 Å². The van der Waals surface area contributed by atoms with Gasteiger partial charge in [-0.05, 0) is 6.42 Å². The molecule has 0 aliphatic rings. The van der Waals surface area contributed by atoms with Crippen LogP contribution in [0.1, 0.15) is 13.3 Å². The number of rotatable bonds is 2. The molecule has 62 valence electrons. The summed E-state index contributed by atoms with van der Waals surface area (Å²) in [5.74, 6) is 0.983. The molecule has 2 bridgehead atoms. The molecule has 0 fully saturated rings. The molecular formula is C7H11ClN2O. The van der Waals surface area contributed by atoms with Gasteiger partial charge in [-0.3, -0.25) is 0 Å². The van der Waals surface area contributed by atoms with Crippen molar-refractivity contribution in [2.45, 2.75) is 19.9 Å². The summed E-state index contributed by atoms with van der Waals surface area (Å²) in [6.07, 6.45) is 3.20. The lowest BCUT2D eigenvalue weighted by Gasteiger charge is -1.92. The van der Waals surface area contributed by atoms with Gasteiger partial charge in [0, 0.05) is 0 Å². The summed E-state index contributed by atoms with van der Waals surface area (Å²) >= 11 is 0. The molecule has 0 saturated carbocycles. The van der Waals surface area contributed by atoms with Crippen molar-refractivity contribution in [3.63, 3.8) is 0 Å². The average molecular weight is 175 g/mol. The summed E-state index contributed by atoms with van der Waals surface area (Å²) in [5, 5.41) is 0. The molecule has 0 radical (unpaired) electrons. The molecule has 0 spiro atoms. The lowest BCUT2D eigenvalue weighted by atomic mass is 10.5. The Labute approximate surface area is 71.3 Å². The highest BCUT2D eigenvalue weighted by molar-refractivity contribution is 5.43. The number of oxazole rings is 1. The molecule has 3 aromatic heterocycles. The molecule has 0 N–H and O–H groups in total. The van der Waals surface area contributed by atoms with Crippen molar-refractivity contribution in [2.75, 3.05) is 0 Å². The van der Waals surface area contributed by atoms with Crippen LogP contribution in [0.3, 0.4) is 0 Å². The standard InChI is InChI=1S/C7H11N2O.ClH/c1-3-4-9-5-6-8(2)7(9)10-6;/h5H,3-4H2,1-2H3;1H/q+1;/p-1. The van der Waals surface area contributed by atoms with Gasteiger partial charge in [-0.15, -0.1) is 0 Å². The van der Waals surface area contributed by atoms with E-state index in [-0.39, 0.29) is 12.4 Å². The Bertz CT molecular complexity index is 325. The molecule has 4 heteroatoms. The first-order valence-electron chi connectivity index (χ1n) is 3.60. The topological polar surface area (TPSA) is 21.9 Å². The second kappa shape index (κ2) is 2.74. The second-order valence-corrected chi connectivity index (χ2v) is 2.60. The van der Waals surface area contributed by atoms with Crippen LogP contribution in [0.4, 0.5) is 0 Å². The molecule has 3 aromatic rings. The van der Waals surface area contributed by atoms with Gasteiger partial charge in [0.15, 0.2) is 6.20 Å². The predicted octanol–water partition coefficient (Wildman–Crippen LogP) is -2.09. The van der Waals surface area contributed by atoms with Crippen LogP contribution in [-0.4, -0.2) is 4.57 Å². The summed E-state index contributed by atoms with van der Waals surface area (Å²) in [7, 11) is 2.01. The van der Waals surface area contributed by atoms with Crippen LogP contribution < -0.4 is 17.0 Å². The van der Waals surface area contributed by atoms with E-state index in [0.29, 0.717) is 0 Å². The molecular weight excluding hydrogens is 164 g/mol. The van der Waals surface area contributed by atoms with Crippen LogP contribution in [-0.2, 0) is 13.6 Å². The molecule has 11 heavy (non-hydrogen) atoms. The molecule has 0 amide bonds. The summed E-state index contributed by atoms with van der Waals surface area (Å²) in [6.45, 7) is 3.22. The molecule has 0 unspecified atom stereocenters. The van der Waals surface area contributed by atoms with Crippen molar-refractivity contribution in [1.29, 1.82) is 0 Å². The number of aromatic nitrogens is 2. The fourth-order valence-corrected chi connectivity index (χ4v) is 1.24. The third-order valence-electron chi connectivity index (χ3n) is 1.79. The lowest BCUT2D eigenvalue weighted by Crippen LogP contribution is -3.00. The van der Waals surface area contributed by atoms with Gasteiger partial charge in [0.1, 0.15) is 0 Å². The molecule has 0 aliphatic carbocycles. The summed E-state index contributed by atoms with van der Waals surface area (Å²) in [4.78, 5) is 0. The lowest BCUT2D eigenvalue weighted by molar-refractivity contribution is -0.673. The van der Waals surface area contributed by atoms with Crippen molar-refractivity contribution < 1.29 is 21.4 Å². The van der Waals surface area contributed by atoms with Crippen molar-refractivity contribution >= 4 is 11.6 Å². The van der Waals surface area contributed by atoms with E-state index in [1.165, 1.54) is 0 Å². The Balaban J connectivity index is 0.000000605. The maximum Gasteiger partial charge on any atom is 0.467 e. The van der Waals surface area contributed by atoms with Crippen LogP contribution >= 0.6 is 0 Å². The van der Waals surface area contributed by atoms with Crippen molar-refractivity contribution in [3.8, 4) is 0 Å². The van der Waals surface area contributed by atoms with Gasteiger partial charge >= 0.3 is 11.6 Å². The van der Waals surface area contributed by atoms with E-state index in [1.807, 2.05) is 13.2 Å². The summed E-state index contributed by atoms with van der Waals surface area (Å²) in [5.41, 5.74) is 0.975. The highest BCUT2D eigenvalue weighted by Crippen LogP contribution is 2.12. The van der Waals surface area contributed by atoms with Crippen LogP contribution in [0.15, 0.2) is 10.6 Å². The van der Waals surface area contributed by atoms with E-state index in [0.717, 1.165) is 24.5 Å². The Morgan fingerprint density at radius 2 is 2.36 bits per heavy atom. The molecule has 0 atom stereocenters. The van der Waals surface area contributed by atoms with Gasteiger partial charge in [-0.2, -0.15) is 9.13 Å². The fourth-order valence-electron chi connectivity index (χ4n) is 1.24. The SMILES string of the molecule is CCC[n+]1cc2oc1n2C.[Cl-]. The first-order chi connectivity index (χ1) is 4.83. The number of aryl methyl sites for hydroxylation is 2. The zero-order valence-electron chi connectivity index (χ0n) is 6.67. The first-order valence-corrected chi connectivity index (χ1v) is 3.60. The molecule has 3 rings (SSSR count). The number of hydrogen-bond acceptors (Lipinski definition) is 1. The minimum absolute atomic E-state index is 0. The molecule has 0 aromatic carbocycles. The van der Waals surface area contributed by atoms with Crippen LogP contribution in [0, 0.1) is 0 Å². The molecule has 0 aliphatic heterocycles. The van der Waals surface area contributed by atoms with E-state index in [4.69, 9.17) is 4.42 Å². The monoisotopic (exact) mass is 174 g/mol. The maximum atomic E-state index is 5.26. The Morgan fingerprint density at radius 1 is 1.64 bits per heavy atom. The predicted molar refractivity (Wildman–Crippen MR) is 36.9 cm³/mol. The van der Waals surface area contributed by atoms with Crippen LogP contribution in [0.25, 0.3) is 11.6 Å². The number of hydrogen-bond donors (Lipinski definition) is 0. The minimum Gasteiger partial charge on any atom is -1.00 e. The third kappa shape index (κ3) is 0.997. The number of imidazole rings is 1. The molecule has 3 nitrogen and oxygen atoms in total. The maximum absolute atomic E-state index is 5.26. The summed E-state index contributed by atoms with van der Waals surface area (Å²) < 4.78 is 9.44. The smallest absolute Gasteiger partial charge is 0.467 e. The van der Waals surface area contributed by atoms with Gasteiger partial charge < -0.3 is 16.8 Å². The van der Waals surface area contributed by atoms with Gasteiger partial charge in [0.2, 0.25) is 0 Å². The van der Waals surface area contributed by atoms with Crippen LogP contribution in [0.5, 0.6) is 0 Å². The van der Waals surface area contributed by atoms with Gasteiger partial charge in [-0.25, -0.2) is 0 Å². The quantitative estimate of drug-likeness (QED) is 0.479. The van der Waals surface area contributed by atoms with Gasteiger partial charge in [-0.1, -0.05) is 6.92 Å². The highest BCUT2D eigenvalue weighted by atomic mass is 35.5. The van der Waals surface area contributed by atoms with E-state index in [2.05, 4.69) is 16.1 Å². The average Bonchev–Trinajstić information content (AvgIpc) is 2.44. The number of nitrogens with zero attached hydrogens (tertiary/aromatic N) is 2. The van der Waals surface area contributed by atoms with E-state index in [9.17, 15) is 0 Å². The highest BCUT2D eigenvalue weighted by Gasteiger charge is 2.23. The van der Waals surface area contributed by atoms with Crippen molar-refractivity contribution in [2.24, 2.45) is 7.05 Å². The number of fused-ring (bicyclic) bond motifs is 1. The normalized spacial score (nSPS) is 10.7. The Hall–Kier alpha value is -0.700. The van der Waals surface area contributed by atoms with Crippen molar-refractivity contribution in [3.05, 3.63) is 6.20 Å².